The van der Waals surface area contributed by atoms with Gasteiger partial charge in [-0.25, -0.2) is 9.78 Å². The summed E-state index contributed by atoms with van der Waals surface area (Å²) in [7, 11) is 0. The van der Waals surface area contributed by atoms with Gasteiger partial charge >= 0.3 is 5.97 Å². The molecule has 1 fully saturated rings. The molecule has 0 saturated carbocycles. The van der Waals surface area contributed by atoms with Gasteiger partial charge in [0.15, 0.2) is 0 Å². The molecule has 1 aliphatic heterocycles. The zero-order chi connectivity index (χ0) is 20.0. The van der Waals surface area contributed by atoms with Crippen LogP contribution in [0, 0.1) is 0 Å². The molecule has 29 heavy (non-hydrogen) atoms. The molecule has 3 heterocycles. The fourth-order valence-corrected chi connectivity index (χ4v) is 4.02. The van der Waals surface area contributed by atoms with Crippen LogP contribution in [0.25, 0.3) is 27.6 Å². The molecule has 7 nitrogen and oxygen atoms in total. The Morgan fingerprint density at radius 3 is 2.72 bits per heavy atom. The fraction of sp³-hybridized carbons (Fsp3) is 0.190. The average molecular weight is 409 g/mol. The lowest BCUT2D eigenvalue weighted by molar-refractivity contribution is 0.0699. The summed E-state index contributed by atoms with van der Waals surface area (Å²) in [6.45, 7) is 2.67. The fourth-order valence-electron chi connectivity index (χ4n) is 3.80. The van der Waals surface area contributed by atoms with E-state index in [9.17, 15) is 9.90 Å². The lowest BCUT2D eigenvalue weighted by Crippen LogP contribution is -2.36. The number of carboxylic acids is 1. The molecule has 146 valence electrons. The SMILES string of the molecule is O=C(O)c1cc(N2CCOCC2)cc2c1ncn2-c1ccnc2c(Cl)cccc12. The monoisotopic (exact) mass is 408 g/mol. The first-order valence-corrected chi connectivity index (χ1v) is 9.62. The van der Waals surface area contributed by atoms with Gasteiger partial charge in [0.05, 0.1) is 40.5 Å². The van der Waals surface area contributed by atoms with Crippen molar-refractivity contribution in [2.45, 2.75) is 0 Å². The highest BCUT2D eigenvalue weighted by molar-refractivity contribution is 6.35. The number of anilines is 1. The van der Waals surface area contributed by atoms with E-state index in [0.717, 1.165) is 22.3 Å². The van der Waals surface area contributed by atoms with Crippen molar-refractivity contribution in [3.05, 3.63) is 59.5 Å². The standard InChI is InChI=1S/C21H17ClN4O3/c22-16-3-1-2-14-17(4-5-23-19(14)16)26-12-24-20-15(21(27)28)10-13(11-18(20)26)25-6-8-29-9-7-25/h1-5,10-12H,6-9H2,(H,27,28). The first kappa shape index (κ1) is 17.9. The number of carboxylic acid groups (broad SMARTS) is 1. The molecule has 1 N–H and O–H groups in total. The van der Waals surface area contributed by atoms with Gasteiger partial charge < -0.3 is 14.7 Å². The number of para-hydroxylation sites is 1. The van der Waals surface area contributed by atoms with Crippen molar-refractivity contribution in [1.29, 1.82) is 0 Å². The highest BCUT2D eigenvalue weighted by atomic mass is 35.5. The van der Waals surface area contributed by atoms with Crippen LogP contribution in [0.3, 0.4) is 0 Å². The molecule has 0 bridgehead atoms. The Labute approximate surface area is 171 Å². The third kappa shape index (κ3) is 2.99. The molecule has 0 unspecified atom stereocenters. The topological polar surface area (TPSA) is 80.5 Å². The van der Waals surface area contributed by atoms with Crippen LogP contribution >= 0.6 is 11.6 Å². The van der Waals surface area contributed by atoms with Crippen molar-refractivity contribution in [3.63, 3.8) is 0 Å². The molecule has 0 radical (unpaired) electrons. The second-order valence-corrected chi connectivity index (χ2v) is 7.25. The van der Waals surface area contributed by atoms with E-state index < -0.39 is 5.97 Å². The summed E-state index contributed by atoms with van der Waals surface area (Å²) < 4.78 is 7.32. The summed E-state index contributed by atoms with van der Waals surface area (Å²) in [5, 5.41) is 11.2. The third-order valence-electron chi connectivity index (χ3n) is 5.20. The van der Waals surface area contributed by atoms with Crippen molar-refractivity contribution in [3.8, 4) is 5.69 Å². The minimum Gasteiger partial charge on any atom is -0.478 e. The molecule has 8 heteroatoms. The molecule has 0 amide bonds. The summed E-state index contributed by atoms with van der Waals surface area (Å²) >= 11 is 6.32. The summed E-state index contributed by atoms with van der Waals surface area (Å²) in [5.41, 5.74) is 3.72. The van der Waals surface area contributed by atoms with Crippen LogP contribution in [0.4, 0.5) is 5.69 Å². The molecule has 1 aliphatic rings. The number of fused-ring (bicyclic) bond motifs is 2. The molecule has 5 rings (SSSR count). The second kappa shape index (κ2) is 7.02. The van der Waals surface area contributed by atoms with Gasteiger partial charge in [0, 0.05) is 30.4 Å². The van der Waals surface area contributed by atoms with Gasteiger partial charge in [-0.3, -0.25) is 9.55 Å². The number of morpholine rings is 1. The first-order chi connectivity index (χ1) is 14.1. The zero-order valence-electron chi connectivity index (χ0n) is 15.4. The van der Waals surface area contributed by atoms with Crippen LogP contribution < -0.4 is 4.90 Å². The molecule has 4 aromatic rings. The summed E-state index contributed by atoms with van der Waals surface area (Å²) in [4.78, 5) is 22.9. The number of hydrogen-bond donors (Lipinski definition) is 1. The summed E-state index contributed by atoms with van der Waals surface area (Å²) in [6, 6.07) is 11.2. The summed E-state index contributed by atoms with van der Waals surface area (Å²) in [5.74, 6) is -1.00. The van der Waals surface area contributed by atoms with E-state index in [2.05, 4.69) is 14.9 Å². The normalized spacial score (nSPS) is 14.6. The van der Waals surface area contributed by atoms with Gasteiger partial charge in [-0.1, -0.05) is 23.7 Å². The lowest BCUT2D eigenvalue weighted by atomic mass is 10.1. The van der Waals surface area contributed by atoms with E-state index in [-0.39, 0.29) is 5.56 Å². The Morgan fingerprint density at radius 2 is 1.93 bits per heavy atom. The van der Waals surface area contributed by atoms with Crippen LogP contribution in [0.5, 0.6) is 0 Å². The van der Waals surface area contributed by atoms with Crippen LogP contribution in [0.1, 0.15) is 10.4 Å². The molecule has 0 atom stereocenters. The number of carbonyl (C=O) groups is 1. The highest BCUT2D eigenvalue weighted by Crippen LogP contribution is 2.32. The molecular weight excluding hydrogens is 392 g/mol. The Bertz CT molecular complexity index is 1250. The van der Waals surface area contributed by atoms with Crippen molar-refractivity contribution in [2.24, 2.45) is 0 Å². The molecular formula is C21H17ClN4O3. The Hall–Kier alpha value is -3.16. The number of aromatic carboxylic acids is 1. The molecule has 2 aromatic heterocycles. The molecule has 1 saturated heterocycles. The predicted octanol–water partition coefficient (Wildman–Crippen LogP) is 3.76. The van der Waals surface area contributed by atoms with Crippen molar-refractivity contribution in [1.82, 2.24) is 14.5 Å². The molecule has 0 aliphatic carbocycles. The van der Waals surface area contributed by atoms with E-state index in [1.54, 1.807) is 24.7 Å². The smallest absolute Gasteiger partial charge is 0.338 e. The van der Waals surface area contributed by atoms with E-state index in [0.29, 0.717) is 42.4 Å². The predicted molar refractivity (Wildman–Crippen MR) is 111 cm³/mol. The van der Waals surface area contributed by atoms with Crippen molar-refractivity contribution in [2.75, 3.05) is 31.2 Å². The number of aromatic nitrogens is 3. The van der Waals surface area contributed by atoms with Gasteiger partial charge in [0.1, 0.15) is 11.8 Å². The van der Waals surface area contributed by atoms with Gasteiger partial charge in [-0.05, 0) is 24.3 Å². The zero-order valence-corrected chi connectivity index (χ0v) is 16.1. The van der Waals surface area contributed by atoms with Crippen LogP contribution in [0.15, 0.2) is 48.9 Å². The minimum atomic E-state index is -1.00. The molecule has 2 aromatic carbocycles. The average Bonchev–Trinajstić information content (AvgIpc) is 3.17. The quantitative estimate of drug-likeness (QED) is 0.556. The number of nitrogens with zero attached hydrogens (tertiary/aromatic N) is 4. The lowest BCUT2D eigenvalue weighted by Gasteiger charge is -2.29. The maximum Gasteiger partial charge on any atom is 0.338 e. The number of imidazole rings is 1. The Morgan fingerprint density at radius 1 is 1.10 bits per heavy atom. The van der Waals surface area contributed by atoms with E-state index in [4.69, 9.17) is 16.3 Å². The highest BCUT2D eigenvalue weighted by Gasteiger charge is 2.20. The van der Waals surface area contributed by atoms with Crippen LogP contribution in [-0.2, 0) is 4.74 Å². The van der Waals surface area contributed by atoms with E-state index in [1.807, 2.05) is 28.8 Å². The van der Waals surface area contributed by atoms with Crippen molar-refractivity contribution >= 4 is 45.2 Å². The third-order valence-corrected chi connectivity index (χ3v) is 5.51. The maximum absolute atomic E-state index is 11.9. The van der Waals surface area contributed by atoms with Crippen molar-refractivity contribution < 1.29 is 14.6 Å². The Balaban J connectivity index is 1.77. The van der Waals surface area contributed by atoms with Crippen LogP contribution in [-0.4, -0.2) is 51.9 Å². The number of rotatable bonds is 3. The largest absolute Gasteiger partial charge is 0.478 e. The number of halogens is 1. The van der Waals surface area contributed by atoms with Gasteiger partial charge in [0.25, 0.3) is 0 Å². The van der Waals surface area contributed by atoms with Gasteiger partial charge in [0.2, 0.25) is 0 Å². The maximum atomic E-state index is 11.9. The van der Waals surface area contributed by atoms with Gasteiger partial charge in [-0.15, -0.1) is 0 Å². The van der Waals surface area contributed by atoms with Gasteiger partial charge in [-0.2, -0.15) is 0 Å². The number of benzene rings is 2. The minimum absolute atomic E-state index is 0.180. The number of ether oxygens (including phenoxy) is 1. The Kier molecular flexibility index (Phi) is 4.34. The van der Waals surface area contributed by atoms with E-state index >= 15 is 0 Å². The van der Waals surface area contributed by atoms with Crippen LogP contribution in [0.2, 0.25) is 5.02 Å². The first-order valence-electron chi connectivity index (χ1n) is 9.24. The summed E-state index contributed by atoms with van der Waals surface area (Å²) in [6.07, 6.45) is 3.34. The molecule has 0 spiro atoms. The number of pyridine rings is 1. The second-order valence-electron chi connectivity index (χ2n) is 6.85. The number of hydrogen-bond acceptors (Lipinski definition) is 5. The van der Waals surface area contributed by atoms with E-state index in [1.165, 1.54) is 0 Å².